The van der Waals surface area contributed by atoms with Crippen molar-refractivity contribution in [3.05, 3.63) is 35.9 Å². The highest BCUT2D eigenvalue weighted by atomic mass is 19.2. The smallest absolute Gasteiger partial charge is 0.407 e. The van der Waals surface area contributed by atoms with Gasteiger partial charge in [0.05, 0.1) is 0 Å². The number of rotatable bonds is 1. The Labute approximate surface area is 84.8 Å². The first-order valence-corrected chi connectivity index (χ1v) is 4.20. The summed E-state index contributed by atoms with van der Waals surface area (Å²) in [7, 11) is 0. The SMILES string of the molecule is N#CC1OC(=O)OC1(F)c1ccccc1. The van der Waals surface area contributed by atoms with Crippen molar-refractivity contribution in [2.75, 3.05) is 0 Å². The van der Waals surface area contributed by atoms with Gasteiger partial charge in [0, 0.05) is 5.56 Å². The summed E-state index contributed by atoms with van der Waals surface area (Å²) >= 11 is 0. The number of nitriles is 1. The molecule has 1 aromatic carbocycles. The van der Waals surface area contributed by atoms with E-state index in [-0.39, 0.29) is 5.56 Å². The van der Waals surface area contributed by atoms with Gasteiger partial charge in [-0.1, -0.05) is 30.3 Å². The minimum absolute atomic E-state index is 0.0856. The lowest BCUT2D eigenvalue weighted by Crippen LogP contribution is -2.31. The van der Waals surface area contributed by atoms with Crippen molar-refractivity contribution in [3.63, 3.8) is 0 Å². The Bertz CT molecular complexity index is 428. The summed E-state index contributed by atoms with van der Waals surface area (Å²) in [6.07, 6.45) is -2.74. The molecule has 0 N–H and O–H groups in total. The molecule has 0 bridgehead atoms. The first kappa shape index (κ1) is 9.46. The monoisotopic (exact) mass is 207 g/mol. The van der Waals surface area contributed by atoms with Crippen LogP contribution >= 0.6 is 0 Å². The van der Waals surface area contributed by atoms with E-state index in [1.54, 1.807) is 24.3 Å². The molecule has 2 unspecified atom stereocenters. The molecule has 5 heteroatoms. The van der Waals surface area contributed by atoms with E-state index in [4.69, 9.17) is 5.26 Å². The Morgan fingerprint density at radius 2 is 2.07 bits per heavy atom. The third-order valence-corrected chi connectivity index (χ3v) is 2.07. The summed E-state index contributed by atoms with van der Waals surface area (Å²) in [6.45, 7) is 0. The summed E-state index contributed by atoms with van der Waals surface area (Å²) in [5, 5.41) is 8.63. The van der Waals surface area contributed by atoms with Gasteiger partial charge in [0.25, 0.3) is 6.10 Å². The van der Waals surface area contributed by atoms with Crippen LogP contribution in [0.2, 0.25) is 0 Å². The summed E-state index contributed by atoms with van der Waals surface area (Å²) in [5.41, 5.74) is 0.0856. The first-order chi connectivity index (χ1) is 7.16. The van der Waals surface area contributed by atoms with Crippen LogP contribution in [0.15, 0.2) is 30.3 Å². The number of benzene rings is 1. The molecule has 1 fully saturated rings. The summed E-state index contributed by atoms with van der Waals surface area (Å²) in [4.78, 5) is 10.8. The molecule has 0 amide bonds. The Kier molecular flexibility index (Phi) is 2.05. The van der Waals surface area contributed by atoms with Crippen molar-refractivity contribution < 1.29 is 18.7 Å². The van der Waals surface area contributed by atoms with Gasteiger partial charge in [-0.2, -0.15) is 9.65 Å². The van der Waals surface area contributed by atoms with E-state index in [0.717, 1.165) is 0 Å². The Morgan fingerprint density at radius 1 is 1.40 bits per heavy atom. The van der Waals surface area contributed by atoms with Gasteiger partial charge in [-0.3, -0.25) is 0 Å². The average molecular weight is 207 g/mol. The van der Waals surface area contributed by atoms with Crippen molar-refractivity contribution in [2.24, 2.45) is 0 Å². The van der Waals surface area contributed by atoms with Gasteiger partial charge < -0.3 is 9.47 Å². The van der Waals surface area contributed by atoms with Gasteiger partial charge in [-0.15, -0.1) is 0 Å². The van der Waals surface area contributed by atoms with Crippen molar-refractivity contribution >= 4 is 6.16 Å². The zero-order valence-corrected chi connectivity index (χ0v) is 7.51. The van der Waals surface area contributed by atoms with E-state index in [1.165, 1.54) is 12.1 Å². The van der Waals surface area contributed by atoms with Crippen LogP contribution in [0.3, 0.4) is 0 Å². The molecule has 1 aromatic rings. The molecule has 2 atom stereocenters. The maximum Gasteiger partial charge on any atom is 0.513 e. The molecular weight excluding hydrogens is 201 g/mol. The topological polar surface area (TPSA) is 59.3 Å². The number of nitrogens with zero attached hydrogens (tertiary/aromatic N) is 1. The standard InChI is InChI=1S/C10H6FNO3/c11-10(7-4-2-1-3-5-7)8(6-12)14-9(13)15-10/h1-5,8H. The second kappa shape index (κ2) is 3.24. The minimum Gasteiger partial charge on any atom is -0.407 e. The van der Waals surface area contributed by atoms with Crippen LogP contribution in [-0.4, -0.2) is 12.3 Å². The molecule has 0 aliphatic carbocycles. The second-order valence-electron chi connectivity index (χ2n) is 2.99. The number of ether oxygens (including phenoxy) is 2. The van der Waals surface area contributed by atoms with Crippen LogP contribution in [0.25, 0.3) is 0 Å². The van der Waals surface area contributed by atoms with E-state index >= 15 is 0 Å². The maximum absolute atomic E-state index is 14.2. The number of hydrogen-bond acceptors (Lipinski definition) is 4. The van der Waals surface area contributed by atoms with E-state index in [1.807, 2.05) is 0 Å². The minimum atomic E-state index is -2.51. The molecular formula is C10H6FNO3. The van der Waals surface area contributed by atoms with Crippen LogP contribution in [0.1, 0.15) is 5.56 Å². The Balaban J connectivity index is 2.43. The largest absolute Gasteiger partial charge is 0.513 e. The van der Waals surface area contributed by atoms with E-state index in [2.05, 4.69) is 9.47 Å². The van der Waals surface area contributed by atoms with E-state index < -0.39 is 18.1 Å². The van der Waals surface area contributed by atoms with Crippen molar-refractivity contribution in [1.82, 2.24) is 0 Å². The molecule has 76 valence electrons. The fourth-order valence-corrected chi connectivity index (χ4v) is 1.36. The highest BCUT2D eigenvalue weighted by molar-refractivity contribution is 5.64. The Hall–Kier alpha value is -2.09. The highest BCUT2D eigenvalue weighted by Crippen LogP contribution is 2.38. The molecule has 2 rings (SSSR count). The number of alkyl halides is 1. The second-order valence-corrected chi connectivity index (χ2v) is 2.99. The number of carbonyl (C=O) groups is 1. The lowest BCUT2D eigenvalue weighted by Gasteiger charge is -2.17. The number of carbonyl (C=O) groups excluding carboxylic acids is 1. The highest BCUT2D eigenvalue weighted by Gasteiger charge is 2.54. The van der Waals surface area contributed by atoms with E-state index in [9.17, 15) is 9.18 Å². The molecule has 1 heterocycles. The quantitative estimate of drug-likeness (QED) is 0.659. The number of cyclic esters (lactones) is 2. The first-order valence-electron chi connectivity index (χ1n) is 4.20. The maximum atomic E-state index is 14.2. The van der Waals surface area contributed by atoms with E-state index in [0.29, 0.717) is 0 Å². The van der Waals surface area contributed by atoms with Crippen LogP contribution in [-0.2, 0) is 15.3 Å². The Morgan fingerprint density at radius 3 is 2.67 bits per heavy atom. The van der Waals surface area contributed by atoms with Gasteiger partial charge in [-0.05, 0) is 0 Å². The average Bonchev–Trinajstić information content (AvgIpc) is 2.56. The number of halogens is 1. The van der Waals surface area contributed by atoms with Gasteiger partial charge in [-0.25, -0.2) is 4.79 Å². The fraction of sp³-hybridized carbons (Fsp3) is 0.200. The van der Waals surface area contributed by atoms with Gasteiger partial charge in [0.1, 0.15) is 6.07 Å². The summed E-state index contributed by atoms with van der Waals surface area (Å²) in [5.74, 6) is -2.51. The van der Waals surface area contributed by atoms with Crippen molar-refractivity contribution in [2.45, 2.75) is 12.0 Å². The van der Waals surface area contributed by atoms with Crippen LogP contribution in [0, 0.1) is 11.3 Å². The molecule has 1 saturated heterocycles. The molecule has 1 aliphatic rings. The molecule has 0 aromatic heterocycles. The van der Waals surface area contributed by atoms with Crippen LogP contribution in [0.5, 0.6) is 0 Å². The van der Waals surface area contributed by atoms with Gasteiger partial charge in [0.2, 0.25) is 0 Å². The third-order valence-electron chi connectivity index (χ3n) is 2.07. The third kappa shape index (κ3) is 1.40. The molecule has 1 aliphatic heterocycles. The van der Waals surface area contributed by atoms with Crippen molar-refractivity contribution in [3.8, 4) is 6.07 Å². The molecule has 0 spiro atoms. The van der Waals surface area contributed by atoms with Gasteiger partial charge >= 0.3 is 12.0 Å². The predicted molar refractivity (Wildman–Crippen MR) is 46.2 cm³/mol. The summed E-state index contributed by atoms with van der Waals surface area (Å²) < 4.78 is 22.9. The molecule has 4 nitrogen and oxygen atoms in total. The van der Waals surface area contributed by atoms with Gasteiger partial charge in [0.15, 0.2) is 0 Å². The lowest BCUT2D eigenvalue weighted by atomic mass is 10.0. The summed E-state index contributed by atoms with van der Waals surface area (Å²) in [6, 6.07) is 9.23. The fourth-order valence-electron chi connectivity index (χ4n) is 1.36. The number of hydrogen-bond donors (Lipinski definition) is 0. The van der Waals surface area contributed by atoms with Crippen molar-refractivity contribution in [1.29, 1.82) is 5.26 Å². The molecule has 15 heavy (non-hydrogen) atoms. The van der Waals surface area contributed by atoms with Crippen LogP contribution < -0.4 is 0 Å². The zero-order chi connectivity index (χ0) is 10.9. The molecule has 0 radical (unpaired) electrons. The normalized spacial score (nSPS) is 29.1. The van der Waals surface area contributed by atoms with Crippen LogP contribution in [0.4, 0.5) is 9.18 Å². The molecule has 0 saturated carbocycles. The predicted octanol–water partition coefficient (Wildman–Crippen LogP) is 1.87. The lowest BCUT2D eigenvalue weighted by molar-refractivity contribution is -0.0838. The zero-order valence-electron chi connectivity index (χ0n) is 7.51.